The van der Waals surface area contributed by atoms with E-state index in [1.165, 1.54) is 6.20 Å². The second kappa shape index (κ2) is 10.5. The van der Waals surface area contributed by atoms with Gasteiger partial charge in [0.1, 0.15) is 17.1 Å². The number of pyridine rings is 1. The lowest BCUT2D eigenvalue weighted by molar-refractivity contribution is -0.132. The molecular weight excluding hydrogens is 444 g/mol. The van der Waals surface area contributed by atoms with Crippen LogP contribution < -0.4 is 10.6 Å². The lowest BCUT2D eigenvalue weighted by Gasteiger charge is -2.26. The van der Waals surface area contributed by atoms with Gasteiger partial charge in [-0.3, -0.25) is 14.4 Å². The summed E-state index contributed by atoms with van der Waals surface area (Å²) < 4.78 is 5.74. The smallest absolute Gasteiger partial charge is 0.294 e. The molecule has 0 spiro atoms. The number of carbonyl (C=O) groups excluding carboxylic acids is 3. The Morgan fingerprint density at radius 2 is 1.79 bits per heavy atom. The molecule has 1 aliphatic rings. The Labute approximate surface area is 196 Å². The molecule has 0 aliphatic carbocycles. The lowest BCUT2D eigenvalue weighted by atomic mass is 10.1. The maximum Gasteiger partial charge on any atom is 0.294 e. The van der Waals surface area contributed by atoms with Crippen molar-refractivity contribution in [2.75, 3.05) is 23.7 Å². The highest BCUT2D eigenvalue weighted by molar-refractivity contribution is 6.30. The van der Waals surface area contributed by atoms with E-state index in [0.29, 0.717) is 40.3 Å². The van der Waals surface area contributed by atoms with Crippen LogP contribution in [0.2, 0.25) is 5.02 Å². The van der Waals surface area contributed by atoms with Crippen molar-refractivity contribution in [3.05, 3.63) is 53.4 Å². The van der Waals surface area contributed by atoms with Gasteiger partial charge in [0, 0.05) is 37.5 Å². The molecular formula is C24H25ClN4O4. The van der Waals surface area contributed by atoms with E-state index >= 15 is 0 Å². The summed E-state index contributed by atoms with van der Waals surface area (Å²) in [6.45, 7) is 1.60. The number of halogens is 1. The Bertz CT molecular complexity index is 1150. The van der Waals surface area contributed by atoms with Gasteiger partial charge < -0.3 is 20.0 Å². The standard InChI is InChI=1S/C24H25ClN4O4/c25-16-11-12-19(26-15-16)27-24(32)23-22(17-7-2-3-8-18(17)33-23)28-20(30)9-6-10-21(31)29-13-4-1-5-14-29/h2-3,7-8,11-12,15H,1,4-6,9-10,13-14H2,(H,28,30)(H,26,27,32). The average molecular weight is 469 g/mol. The number of nitrogens with zero attached hydrogens (tertiary/aromatic N) is 2. The number of para-hydroxylation sites is 1. The fraction of sp³-hybridized carbons (Fsp3) is 0.333. The summed E-state index contributed by atoms with van der Waals surface area (Å²) in [4.78, 5) is 43.8. The van der Waals surface area contributed by atoms with Crippen molar-refractivity contribution in [3.8, 4) is 0 Å². The van der Waals surface area contributed by atoms with Crippen LogP contribution in [-0.4, -0.2) is 40.7 Å². The average Bonchev–Trinajstić information content (AvgIpc) is 3.19. The van der Waals surface area contributed by atoms with E-state index < -0.39 is 5.91 Å². The van der Waals surface area contributed by atoms with E-state index in [1.54, 1.807) is 36.4 Å². The van der Waals surface area contributed by atoms with E-state index in [9.17, 15) is 14.4 Å². The minimum absolute atomic E-state index is 0.0225. The fourth-order valence-electron chi connectivity index (χ4n) is 3.86. The van der Waals surface area contributed by atoms with Crippen LogP contribution in [0.5, 0.6) is 0 Å². The Hall–Kier alpha value is -3.39. The molecule has 3 aromatic rings. The summed E-state index contributed by atoms with van der Waals surface area (Å²) in [7, 11) is 0. The van der Waals surface area contributed by atoms with Crippen molar-refractivity contribution in [2.24, 2.45) is 0 Å². The molecule has 4 rings (SSSR count). The molecule has 1 aliphatic heterocycles. The highest BCUT2D eigenvalue weighted by Crippen LogP contribution is 2.31. The maximum atomic E-state index is 12.9. The zero-order valence-electron chi connectivity index (χ0n) is 18.1. The number of nitrogens with one attached hydrogen (secondary N) is 2. The van der Waals surface area contributed by atoms with Gasteiger partial charge in [-0.05, 0) is 49.9 Å². The number of anilines is 2. The predicted molar refractivity (Wildman–Crippen MR) is 126 cm³/mol. The number of likely N-dealkylation sites (tertiary alicyclic amines) is 1. The lowest BCUT2D eigenvalue weighted by Crippen LogP contribution is -2.35. The number of carbonyl (C=O) groups is 3. The van der Waals surface area contributed by atoms with Gasteiger partial charge in [-0.15, -0.1) is 0 Å². The van der Waals surface area contributed by atoms with E-state index in [0.717, 1.165) is 32.4 Å². The fourth-order valence-corrected chi connectivity index (χ4v) is 3.97. The van der Waals surface area contributed by atoms with Crippen molar-refractivity contribution < 1.29 is 18.8 Å². The quantitative estimate of drug-likeness (QED) is 0.515. The molecule has 9 heteroatoms. The number of fused-ring (bicyclic) bond motifs is 1. The molecule has 1 saturated heterocycles. The molecule has 2 N–H and O–H groups in total. The first-order valence-corrected chi connectivity index (χ1v) is 11.4. The number of benzene rings is 1. The van der Waals surface area contributed by atoms with Crippen LogP contribution in [0, 0.1) is 0 Å². The number of hydrogen-bond acceptors (Lipinski definition) is 5. The van der Waals surface area contributed by atoms with Gasteiger partial charge in [-0.25, -0.2) is 4.98 Å². The van der Waals surface area contributed by atoms with Crippen LogP contribution in [0.1, 0.15) is 49.1 Å². The van der Waals surface area contributed by atoms with Gasteiger partial charge in [0.05, 0.1) is 5.02 Å². The predicted octanol–water partition coefficient (Wildman–Crippen LogP) is 4.85. The summed E-state index contributed by atoms with van der Waals surface area (Å²) >= 11 is 5.84. The summed E-state index contributed by atoms with van der Waals surface area (Å²) in [6, 6.07) is 10.3. The van der Waals surface area contributed by atoms with Crippen molar-refractivity contribution in [2.45, 2.75) is 38.5 Å². The monoisotopic (exact) mass is 468 g/mol. The number of furan rings is 1. The number of piperidine rings is 1. The number of hydrogen-bond donors (Lipinski definition) is 2. The SMILES string of the molecule is O=C(CCCC(=O)N1CCCCC1)Nc1c(C(=O)Nc2ccc(Cl)cn2)oc2ccccc12. The molecule has 2 aromatic heterocycles. The van der Waals surface area contributed by atoms with Gasteiger partial charge in [-0.2, -0.15) is 0 Å². The third-order valence-electron chi connectivity index (χ3n) is 5.54. The third kappa shape index (κ3) is 5.70. The van der Waals surface area contributed by atoms with Crippen LogP contribution in [0.25, 0.3) is 11.0 Å². The molecule has 172 valence electrons. The second-order valence-electron chi connectivity index (χ2n) is 7.96. The summed E-state index contributed by atoms with van der Waals surface area (Å²) in [6.07, 6.45) is 5.59. The van der Waals surface area contributed by atoms with Crippen LogP contribution >= 0.6 is 11.6 Å². The zero-order valence-corrected chi connectivity index (χ0v) is 18.9. The van der Waals surface area contributed by atoms with Crippen molar-refractivity contribution in [3.63, 3.8) is 0 Å². The minimum atomic E-state index is -0.545. The topological polar surface area (TPSA) is 105 Å². The van der Waals surface area contributed by atoms with Crippen molar-refractivity contribution in [1.82, 2.24) is 9.88 Å². The van der Waals surface area contributed by atoms with Crippen LogP contribution in [0.3, 0.4) is 0 Å². The van der Waals surface area contributed by atoms with Crippen LogP contribution in [-0.2, 0) is 9.59 Å². The van der Waals surface area contributed by atoms with Gasteiger partial charge in [0.15, 0.2) is 0 Å². The summed E-state index contributed by atoms with van der Waals surface area (Å²) in [5, 5.41) is 6.52. The zero-order chi connectivity index (χ0) is 23.2. The molecule has 3 amide bonds. The van der Waals surface area contributed by atoms with E-state index in [1.807, 2.05) is 4.90 Å². The number of amides is 3. The molecule has 8 nitrogen and oxygen atoms in total. The molecule has 0 unspecified atom stereocenters. The first kappa shape index (κ1) is 22.8. The summed E-state index contributed by atoms with van der Waals surface area (Å²) in [5.41, 5.74) is 0.770. The molecule has 0 radical (unpaired) electrons. The first-order valence-electron chi connectivity index (χ1n) is 11.0. The highest BCUT2D eigenvalue weighted by atomic mass is 35.5. The van der Waals surface area contributed by atoms with E-state index in [4.69, 9.17) is 16.0 Å². The Balaban J connectivity index is 1.42. The Kier molecular flexibility index (Phi) is 7.24. The number of aromatic nitrogens is 1. The molecule has 1 fully saturated rings. The second-order valence-corrected chi connectivity index (χ2v) is 8.40. The molecule has 0 atom stereocenters. The highest BCUT2D eigenvalue weighted by Gasteiger charge is 2.23. The Morgan fingerprint density at radius 1 is 1.00 bits per heavy atom. The van der Waals surface area contributed by atoms with Crippen molar-refractivity contribution in [1.29, 1.82) is 0 Å². The third-order valence-corrected chi connectivity index (χ3v) is 5.76. The molecule has 1 aromatic carbocycles. The molecule has 33 heavy (non-hydrogen) atoms. The molecule has 0 bridgehead atoms. The van der Waals surface area contributed by atoms with Gasteiger partial charge in [0.25, 0.3) is 5.91 Å². The van der Waals surface area contributed by atoms with E-state index in [-0.39, 0.29) is 24.0 Å². The maximum absolute atomic E-state index is 12.9. The van der Waals surface area contributed by atoms with Gasteiger partial charge in [0.2, 0.25) is 17.6 Å². The van der Waals surface area contributed by atoms with E-state index in [2.05, 4.69) is 15.6 Å². The van der Waals surface area contributed by atoms with Gasteiger partial charge >= 0.3 is 0 Å². The van der Waals surface area contributed by atoms with Crippen LogP contribution in [0.4, 0.5) is 11.5 Å². The minimum Gasteiger partial charge on any atom is -0.449 e. The number of rotatable bonds is 7. The normalized spacial score (nSPS) is 13.7. The van der Waals surface area contributed by atoms with Gasteiger partial charge in [-0.1, -0.05) is 23.7 Å². The molecule has 3 heterocycles. The Morgan fingerprint density at radius 3 is 2.55 bits per heavy atom. The largest absolute Gasteiger partial charge is 0.449 e. The van der Waals surface area contributed by atoms with Crippen molar-refractivity contribution >= 4 is 51.8 Å². The first-order chi connectivity index (χ1) is 16.0. The van der Waals surface area contributed by atoms with Crippen LogP contribution in [0.15, 0.2) is 47.0 Å². The molecule has 0 saturated carbocycles. The summed E-state index contributed by atoms with van der Waals surface area (Å²) in [5.74, 6) is -0.459.